The molecule has 1 aromatic carbocycles. The van der Waals surface area contributed by atoms with Gasteiger partial charge in [-0.3, -0.25) is 10.2 Å². The van der Waals surface area contributed by atoms with Crippen LogP contribution < -0.4 is 20.9 Å². The Morgan fingerprint density at radius 2 is 1.90 bits per heavy atom. The van der Waals surface area contributed by atoms with Crippen LogP contribution in [0.3, 0.4) is 0 Å². The third-order valence-corrected chi connectivity index (χ3v) is 4.49. The summed E-state index contributed by atoms with van der Waals surface area (Å²) < 4.78 is 45.7. The molecule has 0 aliphatic carbocycles. The van der Waals surface area contributed by atoms with E-state index in [4.69, 9.17) is 10.3 Å². The summed E-state index contributed by atoms with van der Waals surface area (Å²) in [6.07, 6.45) is -4.87. The van der Waals surface area contributed by atoms with E-state index in [-0.39, 0.29) is 11.4 Å². The fraction of sp³-hybridized carbons (Fsp3) is 0.176. The number of hydrazine groups is 1. The highest BCUT2D eigenvalue weighted by Gasteiger charge is 2.31. The van der Waals surface area contributed by atoms with Crippen molar-refractivity contribution in [2.45, 2.75) is 20.2 Å². The summed E-state index contributed by atoms with van der Waals surface area (Å²) in [7, 11) is 0. The Labute approximate surface area is 171 Å². The van der Waals surface area contributed by atoms with Crippen molar-refractivity contribution in [2.24, 2.45) is 5.73 Å². The third-order valence-electron chi connectivity index (χ3n) is 3.72. The number of primary amides is 1. The number of nitrogens with two attached hydrogens (primary N) is 1. The molecular formula is C17H14F3N5O4S. The van der Waals surface area contributed by atoms with E-state index in [1.807, 2.05) is 0 Å². The van der Waals surface area contributed by atoms with Crippen molar-refractivity contribution < 1.29 is 32.0 Å². The molecular weight excluding hydrogens is 427 g/mol. The first-order valence-electron chi connectivity index (χ1n) is 8.20. The zero-order valence-electron chi connectivity index (χ0n) is 15.5. The zero-order valence-corrected chi connectivity index (χ0v) is 16.3. The lowest BCUT2D eigenvalue weighted by Gasteiger charge is -2.21. The number of aryl methyl sites for hydroxylation is 2. The number of amides is 3. The number of nitrogens with one attached hydrogen (secondary N) is 1. The van der Waals surface area contributed by atoms with Crippen LogP contribution in [0.4, 0.5) is 23.7 Å². The van der Waals surface area contributed by atoms with Gasteiger partial charge in [0, 0.05) is 5.38 Å². The van der Waals surface area contributed by atoms with Gasteiger partial charge in [-0.1, -0.05) is 5.16 Å². The number of alkyl halides is 3. The van der Waals surface area contributed by atoms with Crippen LogP contribution in [-0.4, -0.2) is 28.4 Å². The maximum Gasteiger partial charge on any atom is 0.573 e. The first-order valence-corrected chi connectivity index (χ1v) is 9.08. The fourth-order valence-corrected chi connectivity index (χ4v) is 3.11. The summed E-state index contributed by atoms with van der Waals surface area (Å²) in [6.45, 7) is 3.39. The highest BCUT2D eigenvalue weighted by molar-refractivity contribution is 7.09. The number of nitrogens with zero attached hydrogens (tertiary/aromatic N) is 3. The number of carbonyl (C=O) groups is 2. The smallest absolute Gasteiger partial charge is 0.406 e. The second-order valence-electron chi connectivity index (χ2n) is 5.87. The maximum absolute atomic E-state index is 12.7. The predicted molar refractivity (Wildman–Crippen MR) is 99.7 cm³/mol. The van der Waals surface area contributed by atoms with E-state index < -0.39 is 24.1 Å². The first kappa shape index (κ1) is 21.1. The fourth-order valence-electron chi connectivity index (χ4n) is 2.51. The van der Waals surface area contributed by atoms with Crippen molar-refractivity contribution in [2.75, 3.05) is 5.01 Å². The lowest BCUT2D eigenvalue weighted by Crippen LogP contribution is -2.49. The van der Waals surface area contributed by atoms with E-state index in [0.717, 1.165) is 29.3 Å². The van der Waals surface area contributed by atoms with Crippen LogP contribution in [0.25, 0.3) is 11.3 Å². The summed E-state index contributed by atoms with van der Waals surface area (Å²) in [5, 5.41) is 6.85. The molecule has 3 rings (SSSR count). The van der Waals surface area contributed by atoms with Gasteiger partial charge >= 0.3 is 12.4 Å². The van der Waals surface area contributed by atoms with Crippen LogP contribution in [-0.2, 0) is 0 Å². The summed E-state index contributed by atoms with van der Waals surface area (Å²) in [4.78, 5) is 28.8. The Kier molecular flexibility index (Phi) is 5.64. The van der Waals surface area contributed by atoms with Crippen molar-refractivity contribution in [3.63, 3.8) is 0 Å². The van der Waals surface area contributed by atoms with Gasteiger partial charge in [0.2, 0.25) is 0 Å². The van der Waals surface area contributed by atoms with Crippen LogP contribution in [0.5, 0.6) is 5.75 Å². The molecule has 0 saturated heterocycles. The minimum atomic E-state index is -4.87. The van der Waals surface area contributed by atoms with E-state index in [1.54, 1.807) is 19.2 Å². The average Bonchev–Trinajstić information content (AvgIpc) is 3.24. The molecule has 3 aromatic rings. The predicted octanol–water partition coefficient (Wildman–Crippen LogP) is 3.54. The summed E-state index contributed by atoms with van der Waals surface area (Å²) in [5.74, 6) is -0.998. The van der Waals surface area contributed by atoms with Gasteiger partial charge in [-0.2, -0.15) is 0 Å². The third kappa shape index (κ3) is 4.68. The van der Waals surface area contributed by atoms with Crippen LogP contribution in [0, 0.1) is 13.8 Å². The zero-order chi connectivity index (χ0) is 22.1. The molecule has 3 amide bonds. The van der Waals surface area contributed by atoms with E-state index in [2.05, 4.69) is 20.3 Å². The number of anilines is 1. The number of hydrogen-bond donors (Lipinski definition) is 2. The van der Waals surface area contributed by atoms with Crippen LogP contribution >= 0.6 is 11.3 Å². The van der Waals surface area contributed by atoms with Gasteiger partial charge in [-0.15, -0.1) is 24.5 Å². The van der Waals surface area contributed by atoms with Crippen molar-refractivity contribution >= 4 is 29.0 Å². The Morgan fingerprint density at radius 3 is 2.43 bits per heavy atom. The largest absolute Gasteiger partial charge is 0.573 e. The molecule has 0 spiro atoms. The van der Waals surface area contributed by atoms with Crippen molar-refractivity contribution in [3.05, 3.63) is 46.1 Å². The summed E-state index contributed by atoms with van der Waals surface area (Å²) in [5.41, 5.74) is 8.23. The number of hydrogen-bond acceptors (Lipinski definition) is 7. The van der Waals surface area contributed by atoms with Crippen LogP contribution in [0.2, 0.25) is 0 Å². The van der Waals surface area contributed by atoms with Crippen molar-refractivity contribution in [1.29, 1.82) is 0 Å². The average molecular weight is 441 g/mol. The number of benzene rings is 1. The van der Waals surface area contributed by atoms with Gasteiger partial charge in [0.05, 0.1) is 22.0 Å². The molecule has 9 nitrogen and oxygen atoms in total. The number of carbonyl (C=O) groups excluding carboxylic acids is 2. The lowest BCUT2D eigenvalue weighted by atomic mass is 10.1. The van der Waals surface area contributed by atoms with E-state index in [1.165, 1.54) is 11.3 Å². The highest BCUT2D eigenvalue weighted by atomic mass is 32.1. The number of urea groups is 1. The Bertz CT molecular complexity index is 1080. The molecule has 0 fully saturated rings. The molecule has 0 saturated carbocycles. The van der Waals surface area contributed by atoms with Gasteiger partial charge in [0.15, 0.2) is 5.69 Å². The molecule has 2 heterocycles. The molecule has 0 radical (unpaired) electrons. The van der Waals surface area contributed by atoms with Gasteiger partial charge in [-0.05, 0) is 38.1 Å². The Hall–Kier alpha value is -3.61. The monoisotopic (exact) mass is 441 g/mol. The second-order valence-corrected chi connectivity index (χ2v) is 6.93. The van der Waals surface area contributed by atoms with Gasteiger partial charge < -0.3 is 15.0 Å². The molecule has 0 atom stereocenters. The van der Waals surface area contributed by atoms with Gasteiger partial charge in [0.1, 0.15) is 11.5 Å². The summed E-state index contributed by atoms with van der Waals surface area (Å²) in [6, 6.07) is 3.08. The van der Waals surface area contributed by atoms with Gasteiger partial charge in [0.25, 0.3) is 5.91 Å². The standard InChI is InChI=1S/C17H14F3N5O4S/c1-8-13(12-7-30-9(2)22-12)14(24-29-8)15(26)23-25(16(21)27)10-3-5-11(6-4-10)28-17(18,19)20/h3-7H,1-2H3,(H2,21,27)(H,23,26). The van der Waals surface area contributed by atoms with E-state index in [0.29, 0.717) is 22.0 Å². The van der Waals surface area contributed by atoms with Crippen LogP contribution in [0.15, 0.2) is 34.2 Å². The number of halogens is 3. The van der Waals surface area contributed by atoms with Crippen LogP contribution in [0.1, 0.15) is 21.3 Å². The normalized spacial score (nSPS) is 11.2. The SMILES string of the molecule is Cc1nc(-c2c(C(=O)NN(C(N)=O)c3ccc(OC(F)(F)F)cc3)noc2C)cs1. The molecule has 0 bridgehead atoms. The number of aromatic nitrogens is 2. The minimum absolute atomic E-state index is 0.00311. The highest BCUT2D eigenvalue weighted by Crippen LogP contribution is 2.29. The lowest BCUT2D eigenvalue weighted by molar-refractivity contribution is -0.274. The van der Waals surface area contributed by atoms with E-state index in [9.17, 15) is 22.8 Å². The topological polar surface area (TPSA) is 124 Å². The van der Waals surface area contributed by atoms with Gasteiger partial charge in [-0.25, -0.2) is 14.8 Å². The molecule has 158 valence electrons. The van der Waals surface area contributed by atoms with E-state index >= 15 is 0 Å². The number of rotatable bonds is 4. The molecule has 30 heavy (non-hydrogen) atoms. The molecule has 0 aliphatic rings. The quantitative estimate of drug-likeness (QED) is 0.597. The molecule has 3 N–H and O–H groups in total. The minimum Gasteiger partial charge on any atom is -0.406 e. The molecule has 0 aliphatic heterocycles. The Morgan fingerprint density at radius 1 is 1.23 bits per heavy atom. The number of ether oxygens (including phenoxy) is 1. The molecule has 2 aromatic heterocycles. The first-order chi connectivity index (χ1) is 14.0. The molecule has 0 unspecified atom stereocenters. The number of thiazole rings is 1. The van der Waals surface area contributed by atoms with Crippen molar-refractivity contribution in [1.82, 2.24) is 15.6 Å². The van der Waals surface area contributed by atoms with Crippen molar-refractivity contribution in [3.8, 4) is 17.0 Å². The Balaban J connectivity index is 1.85. The molecule has 13 heteroatoms. The summed E-state index contributed by atoms with van der Waals surface area (Å²) >= 11 is 1.36. The maximum atomic E-state index is 12.7. The second kappa shape index (κ2) is 8.02.